The van der Waals surface area contributed by atoms with E-state index in [-0.39, 0.29) is 15.7 Å². The highest BCUT2D eigenvalue weighted by molar-refractivity contribution is 8.13. The van der Waals surface area contributed by atoms with Gasteiger partial charge in [0, 0.05) is 43.3 Å². The van der Waals surface area contributed by atoms with Crippen LogP contribution in [0.3, 0.4) is 0 Å². The molecular weight excluding hydrogens is 426 g/mol. The van der Waals surface area contributed by atoms with E-state index in [0.29, 0.717) is 32.0 Å². The van der Waals surface area contributed by atoms with Crippen molar-refractivity contribution in [1.82, 2.24) is 9.21 Å². The Balaban J connectivity index is 1.70. The molecule has 1 fully saturated rings. The molecule has 10 heteroatoms. The second kappa shape index (κ2) is 9.61. The van der Waals surface area contributed by atoms with E-state index < -0.39 is 15.9 Å². The first kappa shape index (κ1) is 22.3. The molecule has 0 saturated carbocycles. The highest BCUT2D eigenvalue weighted by Gasteiger charge is 2.26. The van der Waals surface area contributed by atoms with Crippen molar-refractivity contribution >= 4 is 38.6 Å². The molecule has 0 unspecified atom stereocenters. The average molecular weight is 450 g/mol. The molecule has 0 atom stereocenters. The van der Waals surface area contributed by atoms with E-state index in [0.717, 1.165) is 16.7 Å². The zero-order chi connectivity index (χ0) is 21.7. The minimum atomic E-state index is -3.68. The van der Waals surface area contributed by atoms with E-state index in [1.807, 2.05) is 0 Å². The third-order valence-corrected chi connectivity index (χ3v) is 7.33. The molecule has 0 aromatic heterocycles. The standard InChI is InChI=1S/C20H23N3O5S2/c1-22(2)20(25)29-17-8-6-16(7-9-17)21-19(24)15-4-3-5-18(14-15)30(26,27)23-10-12-28-13-11-23/h3-9,14H,10-13H2,1-2H3,(H,21,24). The number of hydrogen-bond acceptors (Lipinski definition) is 6. The normalized spacial score (nSPS) is 14.9. The van der Waals surface area contributed by atoms with Crippen molar-refractivity contribution in [3.63, 3.8) is 0 Å². The van der Waals surface area contributed by atoms with Gasteiger partial charge in [-0.3, -0.25) is 9.59 Å². The number of amides is 2. The molecule has 30 heavy (non-hydrogen) atoms. The lowest BCUT2D eigenvalue weighted by Crippen LogP contribution is -2.40. The molecular formula is C20H23N3O5S2. The van der Waals surface area contributed by atoms with Crippen LogP contribution in [0.15, 0.2) is 58.3 Å². The second-order valence-electron chi connectivity index (χ2n) is 6.79. The number of benzene rings is 2. The van der Waals surface area contributed by atoms with Crippen molar-refractivity contribution in [3.05, 3.63) is 54.1 Å². The Morgan fingerprint density at radius 2 is 1.73 bits per heavy atom. The summed E-state index contributed by atoms with van der Waals surface area (Å²) in [5.41, 5.74) is 0.786. The molecule has 2 amide bonds. The van der Waals surface area contributed by atoms with Crippen LogP contribution < -0.4 is 5.32 Å². The summed E-state index contributed by atoms with van der Waals surface area (Å²) in [6, 6.07) is 12.8. The van der Waals surface area contributed by atoms with Crippen molar-refractivity contribution in [2.75, 3.05) is 45.7 Å². The van der Waals surface area contributed by atoms with Crippen LogP contribution >= 0.6 is 11.8 Å². The van der Waals surface area contributed by atoms with Crippen LogP contribution in [-0.4, -0.2) is 69.2 Å². The lowest BCUT2D eigenvalue weighted by Gasteiger charge is -2.26. The van der Waals surface area contributed by atoms with Crippen LogP contribution in [0.25, 0.3) is 0 Å². The SMILES string of the molecule is CN(C)C(=O)Sc1ccc(NC(=O)c2cccc(S(=O)(=O)N3CCOCC3)c2)cc1. The van der Waals surface area contributed by atoms with Crippen molar-refractivity contribution in [2.45, 2.75) is 9.79 Å². The van der Waals surface area contributed by atoms with E-state index in [1.165, 1.54) is 21.3 Å². The Morgan fingerprint density at radius 1 is 1.07 bits per heavy atom. The Kier molecular flexibility index (Phi) is 7.14. The molecule has 160 valence electrons. The smallest absolute Gasteiger partial charge is 0.285 e. The van der Waals surface area contributed by atoms with Crippen molar-refractivity contribution < 1.29 is 22.7 Å². The number of rotatable bonds is 5. The van der Waals surface area contributed by atoms with E-state index in [2.05, 4.69) is 5.32 Å². The summed E-state index contributed by atoms with van der Waals surface area (Å²) in [5.74, 6) is -0.418. The number of anilines is 1. The molecule has 0 bridgehead atoms. The zero-order valence-corrected chi connectivity index (χ0v) is 18.3. The fourth-order valence-corrected chi connectivity index (χ4v) is 4.85. The van der Waals surface area contributed by atoms with Crippen LogP contribution in [0.4, 0.5) is 10.5 Å². The summed E-state index contributed by atoms with van der Waals surface area (Å²) < 4.78 is 32.2. The van der Waals surface area contributed by atoms with Gasteiger partial charge in [-0.05, 0) is 54.2 Å². The maximum Gasteiger partial charge on any atom is 0.285 e. The molecule has 1 N–H and O–H groups in total. The molecule has 1 saturated heterocycles. The van der Waals surface area contributed by atoms with Gasteiger partial charge in [-0.25, -0.2) is 8.42 Å². The predicted octanol–water partition coefficient (Wildman–Crippen LogP) is 2.73. The van der Waals surface area contributed by atoms with Gasteiger partial charge in [0.25, 0.3) is 11.1 Å². The molecule has 1 heterocycles. The quantitative estimate of drug-likeness (QED) is 0.705. The fourth-order valence-electron chi connectivity index (χ4n) is 2.74. The van der Waals surface area contributed by atoms with Crippen molar-refractivity contribution in [3.8, 4) is 0 Å². The molecule has 8 nitrogen and oxygen atoms in total. The molecule has 0 radical (unpaired) electrons. The minimum Gasteiger partial charge on any atom is -0.379 e. The topological polar surface area (TPSA) is 96.0 Å². The highest BCUT2D eigenvalue weighted by atomic mass is 32.2. The molecule has 1 aliphatic heterocycles. The van der Waals surface area contributed by atoms with E-state index in [9.17, 15) is 18.0 Å². The average Bonchev–Trinajstić information content (AvgIpc) is 2.75. The largest absolute Gasteiger partial charge is 0.379 e. The number of morpholine rings is 1. The van der Waals surface area contributed by atoms with Gasteiger partial charge in [0.15, 0.2) is 0 Å². The van der Waals surface area contributed by atoms with E-state index in [4.69, 9.17) is 4.74 Å². The van der Waals surface area contributed by atoms with Crippen molar-refractivity contribution in [2.24, 2.45) is 0 Å². The van der Waals surface area contributed by atoms with Crippen LogP contribution in [0, 0.1) is 0 Å². The molecule has 0 spiro atoms. The Bertz CT molecular complexity index is 1020. The number of hydrogen-bond donors (Lipinski definition) is 1. The summed E-state index contributed by atoms with van der Waals surface area (Å²) in [6.45, 7) is 1.29. The van der Waals surface area contributed by atoms with Crippen LogP contribution in [0.5, 0.6) is 0 Å². The summed E-state index contributed by atoms with van der Waals surface area (Å²) in [4.78, 5) is 26.7. The third-order valence-electron chi connectivity index (χ3n) is 4.39. The lowest BCUT2D eigenvalue weighted by atomic mass is 10.2. The van der Waals surface area contributed by atoms with Gasteiger partial charge in [0.1, 0.15) is 0 Å². The summed E-state index contributed by atoms with van der Waals surface area (Å²) in [6.07, 6.45) is 0. The van der Waals surface area contributed by atoms with Crippen LogP contribution in [0.1, 0.15) is 10.4 Å². The number of sulfonamides is 1. The number of nitrogens with zero attached hydrogens (tertiary/aromatic N) is 2. The van der Waals surface area contributed by atoms with Crippen LogP contribution in [-0.2, 0) is 14.8 Å². The van der Waals surface area contributed by atoms with Gasteiger partial charge in [-0.2, -0.15) is 4.31 Å². The van der Waals surface area contributed by atoms with Gasteiger partial charge in [-0.1, -0.05) is 6.07 Å². The second-order valence-corrected chi connectivity index (χ2v) is 9.75. The molecule has 1 aliphatic rings. The summed E-state index contributed by atoms with van der Waals surface area (Å²) in [7, 11) is -0.325. The van der Waals surface area contributed by atoms with Gasteiger partial charge in [-0.15, -0.1) is 0 Å². The van der Waals surface area contributed by atoms with Gasteiger partial charge < -0.3 is 15.0 Å². The first-order chi connectivity index (χ1) is 14.3. The number of carbonyl (C=O) groups excluding carboxylic acids is 2. The zero-order valence-electron chi connectivity index (χ0n) is 16.7. The minimum absolute atomic E-state index is 0.0750. The van der Waals surface area contributed by atoms with Crippen molar-refractivity contribution in [1.29, 1.82) is 0 Å². The maximum absolute atomic E-state index is 12.8. The molecule has 3 rings (SSSR count). The lowest BCUT2D eigenvalue weighted by molar-refractivity contribution is 0.0730. The Morgan fingerprint density at radius 3 is 2.37 bits per heavy atom. The Hall–Kier alpha value is -2.40. The van der Waals surface area contributed by atoms with Gasteiger partial charge in [0.05, 0.1) is 18.1 Å². The number of ether oxygens (including phenoxy) is 1. The summed E-state index contributed by atoms with van der Waals surface area (Å²) >= 11 is 1.09. The molecule has 2 aromatic rings. The van der Waals surface area contributed by atoms with Gasteiger partial charge in [0.2, 0.25) is 10.0 Å². The highest BCUT2D eigenvalue weighted by Crippen LogP contribution is 2.23. The van der Waals surface area contributed by atoms with Gasteiger partial charge >= 0.3 is 0 Å². The van der Waals surface area contributed by atoms with E-state index >= 15 is 0 Å². The predicted molar refractivity (Wildman–Crippen MR) is 115 cm³/mol. The third kappa shape index (κ3) is 5.39. The number of nitrogens with one attached hydrogen (secondary N) is 1. The summed E-state index contributed by atoms with van der Waals surface area (Å²) in [5, 5.41) is 2.66. The molecule has 0 aliphatic carbocycles. The first-order valence-electron chi connectivity index (χ1n) is 9.26. The number of carbonyl (C=O) groups is 2. The maximum atomic E-state index is 12.8. The first-order valence-corrected chi connectivity index (χ1v) is 11.5. The Labute approximate surface area is 180 Å². The monoisotopic (exact) mass is 449 g/mol. The fraction of sp³-hybridized carbons (Fsp3) is 0.300. The van der Waals surface area contributed by atoms with Crippen LogP contribution in [0.2, 0.25) is 0 Å². The van der Waals surface area contributed by atoms with E-state index in [1.54, 1.807) is 50.5 Å². The number of thioether (sulfide) groups is 1. The molecule has 2 aromatic carbocycles.